The number of aryl methyl sites for hydroxylation is 1. The molecule has 0 radical (unpaired) electrons. The summed E-state index contributed by atoms with van der Waals surface area (Å²) in [6, 6.07) is 7.99. The number of benzene rings is 2. The highest BCUT2D eigenvalue weighted by molar-refractivity contribution is 5.77. The second kappa shape index (κ2) is 9.24. The predicted octanol–water partition coefficient (Wildman–Crippen LogP) is 4.46. The number of aromatic hydroxyl groups is 1. The van der Waals surface area contributed by atoms with E-state index in [9.17, 15) is 28.2 Å². The lowest BCUT2D eigenvalue weighted by Gasteiger charge is -2.66. The molecule has 2 aliphatic heterocycles. The molecule has 1 saturated heterocycles. The second-order valence-electron chi connectivity index (χ2n) is 11.9. The lowest BCUT2D eigenvalue weighted by molar-refractivity contribution is -0.223. The van der Waals surface area contributed by atoms with E-state index in [0.29, 0.717) is 43.5 Å². The number of piperidine rings is 1. The van der Waals surface area contributed by atoms with Crippen LogP contribution >= 0.6 is 0 Å². The van der Waals surface area contributed by atoms with E-state index in [1.54, 1.807) is 18.0 Å². The van der Waals surface area contributed by atoms with Gasteiger partial charge in [0.1, 0.15) is 6.10 Å². The Balaban J connectivity index is 1.30. The molecule has 6 nitrogen and oxygen atoms in total. The Morgan fingerprint density at radius 3 is 2.65 bits per heavy atom. The fourth-order valence-corrected chi connectivity index (χ4v) is 8.26. The topological polar surface area (TPSA) is 73.2 Å². The Morgan fingerprint density at radius 2 is 1.98 bits per heavy atom. The zero-order chi connectivity index (χ0) is 28.6. The first-order chi connectivity index (χ1) is 18.9. The number of halogens is 3. The average molecular weight is 557 g/mol. The van der Waals surface area contributed by atoms with Gasteiger partial charge < -0.3 is 19.8 Å². The summed E-state index contributed by atoms with van der Waals surface area (Å²) in [5.41, 5.74) is -0.0106. The number of ether oxygens (including phenoxy) is 1. The minimum absolute atomic E-state index is 0.0412. The first kappa shape index (κ1) is 27.1. The van der Waals surface area contributed by atoms with Crippen molar-refractivity contribution in [3.63, 3.8) is 0 Å². The Morgan fingerprint density at radius 1 is 1.25 bits per heavy atom. The van der Waals surface area contributed by atoms with Gasteiger partial charge in [-0.3, -0.25) is 9.69 Å². The van der Waals surface area contributed by atoms with Crippen LogP contribution in [0, 0.1) is 5.92 Å². The SMILES string of the molecule is C=CCN1CC[C@]23c4c5ccc(O)c4OC2C(N(C)C(=O)CCc2ccc(C(F)(F)F)cc2)CC(C)[C@@]3(O)[C@H]1C5. The fraction of sp³-hybridized carbons (Fsp3) is 0.516. The molecular weight excluding hydrogens is 521 g/mol. The van der Waals surface area contributed by atoms with Gasteiger partial charge in [-0.05, 0) is 67.5 Å². The maximum atomic E-state index is 13.5. The molecule has 2 aromatic rings. The molecule has 214 valence electrons. The summed E-state index contributed by atoms with van der Waals surface area (Å²) in [4.78, 5) is 17.5. The van der Waals surface area contributed by atoms with Crippen LogP contribution in [0.25, 0.3) is 0 Å². The average Bonchev–Trinajstić information content (AvgIpc) is 3.27. The van der Waals surface area contributed by atoms with Gasteiger partial charge >= 0.3 is 6.18 Å². The van der Waals surface area contributed by atoms with Crippen LogP contribution in [0.4, 0.5) is 13.2 Å². The number of carbonyl (C=O) groups excluding carboxylic acids is 1. The predicted molar refractivity (Wildman–Crippen MR) is 143 cm³/mol. The Hall–Kier alpha value is -3.04. The van der Waals surface area contributed by atoms with Crippen LogP contribution in [0.1, 0.15) is 48.4 Å². The van der Waals surface area contributed by atoms with E-state index >= 15 is 0 Å². The number of hydrogen-bond donors (Lipinski definition) is 2. The van der Waals surface area contributed by atoms with Crippen molar-refractivity contribution >= 4 is 5.91 Å². The largest absolute Gasteiger partial charge is 0.504 e. The number of carbonyl (C=O) groups is 1. The van der Waals surface area contributed by atoms with E-state index in [1.165, 1.54) is 12.1 Å². The summed E-state index contributed by atoms with van der Waals surface area (Å²) in [6.07, 6.45) is -0.845. The molecule has 2 aromatic carbocycles. The van der Waals surface area contributed by atoms with Crippen molar-refractivity contribution in [3.05, 3.63) is 71.3 Å². The normalized spacial score (nSPS) is 32.2. The van der Waals surface area contributed by atoms with Crippen LogP contribution in [0.15, 0.2) is 49.1 Å². The van der Waals surface area contributed by atoms with Gasteiger partial charge in [-0.25, -0.2) is 0 Å². The molecule has 6 rings (SSSR count). The summed E-state index contributed by atoms with van der Waals surface area (Å²) < 4.78 is 45.3. The maximum absolute atomic E-state index is 13.5. The number of likely N-dealkylation sites (tertiary alicyclic amines) is 1. The molecule has 2 fully saturated rings. The molecule has 2 aliphatic carbocycles. The third kappa shape index (κ3) is 3.66. The number of aliphatic hydroxyl groups is 1. The molecule has 4 aliphatic rings. The number of rotatable bonds is 6. The molecule has 1 saturated carbocycles. The molecule has 1 spiro atoms. The number of nitrogens with zero attached hydrogens (tertiary/aromatic N) is 2. The van der Waals surface area contributed by atoms with Crippen LogP contribution in [-0.2, 0) is 29.2 Å². The summed E-state index contributed by atoms with van der Waals surface area (Å²) in [6.45, 7) is 7.36. The van der Waals surface area contributed by atoms with Crippen molar-refractivity contribution < 1.29 is 32.9 Å². The second-order valence-corrected chi connectivity index (χ2v) is 11.9. The minimum atomic E-state index is -4.40. The van der Waals surface area contributed by atoms with Crippen LogP contribution < -0.4 is 4.74 Å². The summed E-state index contributed by atoms with van der Waals surface area (Å²) >= 11 is 0. The van der Waals surface area contributed by atoms with Crippen LogP contribution in [0.5, 0.6) is 11.5 Å². The van der Waals surface area contributed by atoms with E-state index in [-0.39, 0.29) is 36.1 Å². The van der Waals surface area contributed by atoms with Crippen LogP contribution in [0.2, 0.25) is 0 Å². The number of phenolic OH excluding ortho intramolecular Hbond substituents is 1. The smallest absolute Gasteiger partial charge is 0.416 e. The number of hydrogen-bond acceptors (Lipinski definition) is 5. The highest BCUT2D eigenvalue weighted by atomic mass is 19.4. The van der Waals surface area contributed by atoms with Gasteiger partial charge in [-0.1, -0.05) is 31.2 Å². The van der Waals surface area contributed by atoms with E-state index in [1.807, 2.05) is 19.1 Å². The molecule has 40 heavy (non-hydrogen) atoms. The highest BCUT2D eigenvalue weighted by Crippen LogP contribution is 2.67. The molecule has 2 bridgehead atoms. The lowest BCUT2D eigenvalue weighted by atomic mass is 9.45. The Labute approximate surface area is 232 Å². The van der Waals surface area contributed by atoms with E-state index in [2.05, 4.69) is 11.5 Å². The van der Waals surface area contributed by atoms with E-state index in [4.69, 9.17) is 4.74 Å². The number of amides is 1. The zero-order valence-corrected chi connectivity index (χ0v) is 22.7. The fourth-order valence-electron chi connectivity index (χ4n) is 8.26. The van der Waals surface area contributed by atoms with E-state index < -0.39 is 28.9 Å². The molecule has 2 heterocycles. The molecule has 2 N–H and O–H groups in total. The lowest BCUT2D eigenvalue weighted by Crippen LogP contribution is -2.80. The van der Waals surface area contributed by atoms with Crippen molar-refractivity contribution in [2.45, 2.75) is 74.4 Å². The monoisotopic (exact) mass is 556 g/mol. The van der Waals surface area contributed by atoms with Gasteiger partial charge in [0.25, 0.3) is 0 Å². The van der Waals surface area contributed by atoms with Gasteiger partial charge in [-0.2, -0.15) is 13.2 Å². The highest BCUT2D eigenvalue weighted by Gasteiger charge is 2.75. The zero-order valence-electron chi connectivity index (χ0n) is 22.7. The number of phenols is 1. The first-order valence-electron chi connectivity index (χ1n) is 13.9. The molecule has 0 aromatic heterocycles. The summed E-state index contributed by atoms with van der Waals surface area (Å²) in [5, 5.41) is 23.5. The Bertz CT molecular complexity index is 1350. The standard InChI is InChI=1S/C31H35F3N2O4/c1-4-14-36-15-13-29-26-20-8-11-23(37)27(26)40-28(29)22(16-18(2)30(29,39)24(36)17-20)35(3)25(38)12-7-19-5-9-21(10-6-19)31(32,33)34/h4-6,8-11,18,22,24,28,37,39H,1,7,12-17H2,2-3H3/t18?,22?,24-,28?,29+,30-/m1/s1. The van der Waals surface area contributed by atoms with Gasteiger partial charge in [-0.15, -0.1) is 6.58 Å². The Kier molecular flexibility index (Phi) is 6.27. The number of likely N-dealkylation sites (N-methyl/N-ethyl adjacent to an activating group) is 1. The van der Waals surface area contributed by atoms with Gasteiger partial charge in [0.2, 0.25) is 5.91 Å². The maximum Gasteiger partial charge on any atom is 0.416 e. The molecule has 9 heteroatoms. The van der Waals surface area contributed by atoms with Crippen LogP contribution in [-0.4, -0.2) is 69.8 Å². The molecule has 3 unspecified atom stereocenters. The third-order valence-electron chi connectivity index (χ3n) is 10.1. The molecule has 1 amide bonds. The first-order valence-corrected chi connectivity index (χ1v) is 13.9. The van der Waals surface area contributed by atoms with Gasteiger partial charge in [0.05, 0.1) is 22.6 Å². The summed E-state index contributed by atoms with van der Waals surface area (Å²) in [7, 11) is 1.74. The van der Waals surface area contributed by atoms with Crippen molar-refractivity contribution in [3.8, 4) is 11.5 Å². The van der Waals surface area contributed by atoms with Gasteiger partial charge in [0.15, 0.2) is 11.5 Å². The van der Waals surface area contributed by atoms with Crippen molar-refractivity contribution in [1.82, 2.24) is 9.80 Å². The van der Waals surface area contributed by atoms with Gasteiger partial charge in [0, 0.05) is 31.6 Å². The van der Waals surface area contributed by atoms with Crippen molar-refractivity contribution in [2.24, 2.45) is 5.92 Å². The molecule has 6 atom stereocenters. The number of alkyl halides is 3. The summed E-state index contributed by atoms with van der Waals surface area (Å²) in [5.74, 6) is 0.154. The minimum Gasteiger partial charge on any atom is -0.504 e. The third-order valence-corrected chi connectivity index (χ3v) is 10.1. The van der Waals surface area contributed by atoms with Crippen LogP contribution in [0.3, 0.4) is 0 Å². The van der Waals surface area contributed by atoms with E-state index in [0.717, 1.165) is 29.8 Å². The quantitative estimate of drug-likeness (QED) is 0.515. The van der Waals surface area contributed by atoms with Crippen molar-refractivity contribution in [1.29, 1.82) is 0 Å². The van der Waals surface area contributed by atoms with Crippen molar-refractivity contribution in [2.75, 3.05) is 20.1 Å². The molecular formula is C31H35F3N2O4.